The summed E-state index contributed by atoms with van der Waals surface area (Å²) in [6.07, 6.45) is 1.58. The fourth-order valence-corrected chi connectivity index (χ4v) is 1.76. The van der Waals surface area contributed by atoms with Crippen molar-refractivity contribution in [2.75, 3.05) is 5.73 Å². The van der Waals surface area contributed by atoms with Crippen LogP contribution in [-0.2, 0) is 6.54 Å². The highest BCUT2D eigenvalue weighted by Crippen LogP contribution is 2.18. The van der Waals surface area contributed by atoms with Gasteiger partial charge in [-0.1, -0.05) is 17.7 Å². The molecule has 0 aliphatic rings. The minimum atomic E-state index is -0.185. The number of aromatic nitrogens is 2. The largest absolute Gasteiger partial charge is 0.384 e. The van der Waals surface area contributed by atoms with Crippen LogP contribution in [0.3, 0.4) is 0 Å². The van der Waals surface area contributed by atoms with Crippen LogP contribution in [0, 0.1) is 6.92 Å². The summed E-state index contributed by atoms with van der Waals surface area (Å²) in [4.78, 5) is 12.0. The monoisotopic (exact) mass is 264 g/mol. The smallest absolute Gasteiger partial charge is 0.251 e. The van der Waals surface area contributed by atoms with Gasteiger partial charge < -0.3 is 11.1 Å². The quantitative estimate of drug-likeness (QED) is 0.791. The van der Waals surface area contributed by atoms with E-state index in [4.69, 9.17) is 17.3 Å². The molecule has 1 amide bonds. The molecule has 1 aromatic carbocycles. The van der Waals surface area contributed by atoms with Crippen molar-refractivity contribution in [3.63, 3.8) is 0 Å². The number of carbonyl (C=O) groups is 1. The Hall–Kier alpha value is -2.01. The van der Waals surface area contributed by atoms with Gasteiger partial charge in [-0.25, -0.2) is 0 Å². The first-order chi connectivity index (χ1) is 8.59. The maximum absolute atomic E-state index is 12.0. The first-order valence-electron chi connectivity index (χ1n) is 5.40. The maximum atomic E-state index is 12.0. The van der Waals surface area contributed by atoms with E-state index in [1.54, 1.807) is 24.4 Å². The van der Waals surface area contributed by atoms with E-state index in [1.807, 2.05) is 6.92 Å². The van der Waals surface area contributed by atoms with Crippen molar-refractivity contribution in [2.45, 2.75) is 13.5 Å². The molecule has 4 N–H and O–H groups in total. The van der Waals surface area contributed by atoms with Gasteiger partial charge in [-0.2, -0.15) is 5.10 Å². The van der Waals surface area contributed by atoms with Gasteiger partial charge in [-0.3, -0.25) is 9.89 Å². The number of rotatable bonds is 3. The topological polar surface area (TPSA) is 83.8 Å². The molecule has 18 heavy (non-hydrogen) atoms. The van der Waals surface area contributed by atoms with Crippen LogP contribution in [-0.4, -0.2) is 16.1 Å². The molecule has 6 heteroatoms. The predicted octanol–water partition coefficient (Wildman–Crippen LogP) is 1.88. The Morgan fingerprint density at radius 2 is 2.33 bits per heavy atom. The highest BCUT2D eigenvalue weighted by atomic mass is 35.5. The number of hydrogen-bond acceptors (Lipinski definition) is 3. The van der Waals surface area contributed by atoms with E-state index >= 15 is 0 Å². The molecular weight excluding hydrogens is 252 g/mol. The summed E-state index contributed by atoms with van der Waals surface area (Å²) in [5, 5.41) is 9.74. The molecule has 0 radical (unpaired) electrons. The van der Waals surface area contributed by atoms with Crippen molar-refractivity contribution >= 4 is 23.3 Å². The summed E-state index contributed by atoms with van der Waals surface area (Å²) in [6.45, 7) is 2.14. The van der Waals surface area contributed by atoms with Crippen LogP contribution < -0.4 is 11.1 Å². The van der Waals surface area contributed by atoms with E-state index in [-0.39, 0.29) is 5.91 Å². The van der Waals surface area contributed by atoms with Gasteiger partial charge >= 0.3 is 0 Å². The third kappa shape index (κ3) is 2.46. The van der Waals surface area contributed by atoms with E-state index in [0.29, 0.717) is 22.9 Å². The van der Waals surface area contributed by atoms with Crippen molar-refractivity contribution in [1.82, 2.24) is 15.5 Å². The lowest BCUT2D eigenvalue weighted by Gasteiger charge is -2.08. The van der Waals surface area contributed by atoms with E-state index in [1.165, 1.54) is 0 Å². The lowest BCUT2D eigenvalue weighted by atomic mass is 10.1. The van der Waals surface area contributed by atoms with Crippen LogP contribution in [0.25, 0.3) is 0 Å². The molecule has 0 aliphatic carbocycles. The van der Waals surface area contributed by atoms with Gasteiger partial charge in [-0.05, 0) is 24.6 Å². The number of nitrogens with two attached hydrogens (primary N) is 1. The first-order valence-corrected chi connectivity index (χ1v) is 5.78. The molecule has 2 rings (SSSR count). The summed E-state index contributed by atoms with van der Waals surface area (Å²) in [5.74, 6) is 0.272. The number of amides is 1. The van der Waals surface area contributed by atoms with Crippen molar-refractivity contribution in [3.8, 4) is 0 Å². The lowest BCUT2D eigenvalue weighted by molar-refractivity contribution is 0.0950. The number of nitrogens with one attached hydrogen (secondary N) is 2. The molecule has 0 aliphatic heterocycles. The predicted molar refractivity (Wildman–Crippen MR) is 70.4 cm³/mol. The van der Waals surface area contributed by atoms with E-state index < -0.39 is 0 Å². The van der Waals surface area contributed by atoms with Gasteiger partial charge in [0, 0.05) is 22.7 Å². The summed E-state index contributed by atoms with van der Waals surface area (Å²) >= 11 is 5.97. The fourth-order valence-electron chi connectivity index (χ4n) is 1.59. The summed E-state index contributed by atoms with van der Waals surface area (Å²) in [5.41, 5.74) is 7.70. The van der Waals surface area contributed by atoms with Crippen LogP contribution in [0.5, 0.6) is 0 Å². The molecule has 0 unspecified atom stereocenters. The number of nitrogens with zero attached hydrogens (tertiary/aromatic N) is 1. The van der Waals surface area contributed by atoms with Gasteiger partial charge in [0.25, 0.3) is 5.91 Å². The van der Waals surface area contributed by atoms with Crippen LogP contribution in [0.15, 0.2) is 24.4 Å². The number of hydrogen-bond donors (Lipinski definition) is 3. The molecule has 0 spiro atoms. The third-order valence-corrected chi connectivity index (χ3v) is 3.11. The molecule has 0 fully saturated rings. The number of aromatic amines is 1. The molecule has 0 saturated carbocycles. The zero-order chi connectivity index (χ0) is 13.1. The molecule has 0 saturated heterocycles. The van der Waals surface area contributed by atoms with Gasteiger partial charge in [0.1, 0.15) is 5.82 Å². The average molecular weight is 265 g/mol. The standard InChI is InChI=1S/C12H13ClN4O/c1-7-9(3-2-4-10(7)13)12(18)15-5-8-6-16-17-11(8)14/h2-4,6H,5H2,1H3,(H,15,18)(H3,14,16,17). The highest BCUT2D eigenvalue weighted by Gasteiger charge is 2.11. The fraction of sp³-hybridized carbons (Fsp3) is 0.167. The van der Waals surface area contributed by atoms with Gasteiger partial charge in [0.2, 0.25) is 0 Å². The van der Waals surface area contributed by atoms with Gasteiger partial charge in [-0.15, -0.1) is 0 Å². The number of nitrogen functional groups attached to an aromatic ring is 1. The van der Waals surface area contributed by atoms with Crippen molar-refractivity contribution < 1.29 is 4.79 Å². The SMILES string of the molecule is Cc1c(Cl)cccc1C(=O)NCc1cn[nH]c1N. The Bertz CT molecular complexity index is 579. The van der Waals surface area contributed by atoms with E-state index in [9.17, 15) is 4.79 Å². The molecular formula is C12H13ClN4O. The second-order valence-electron chi connectivity index (χ2n) is 3.90. The Balaban J connectivity index is 2.09. The zero-order valence-corrected chi connectivity index (χ0v) is 10.6. The maximum Gasteiger partial charge on any atom is 0.251 e. The second kappa shape index (κ2) is 5.10. The van der Waals surface area contributed by atoms with E-state index in [0.717, 1.165) is 11.1 Å². The summed E-state index contributed by atoms with van der Waals surface area (Å²) in [6, 6.07) is 5.23. The van der Waals surface area contributed by atoms with Crippen LogP contribution in [0.4, 0.5) is 5.82 Å². The number of halogens is 1. The Morgan fingerprint density at radius 3 is 3.00 bits per heavy atom. The number of benzene rings is 1. The Kier molecular flexibility index (Phi) is 3.53. The zero-order valence-electron chi connectivity index (χ0n) is 9.83. The highest BCUT2D eigenvalue weighted by molar-refractivity contribution is 6.31. The molecule has 1 aromatic heterocycles. The molecule has 5 nitrogen and oxygen atoms in total. The van der Waals surface area contributed by atoms with Crippen LogP contribution >= 0.6 is 11.6 Å². The second-order valence-corrected chi connectivity index (χ2v) is 4.31. The summed E-state index contributed by atoms with van der Waals surface area (Å²) in [7, 11) is 0. The molecule has 1 heterocycles. The van der Waals surface area contributed by atoms with E-state index in [2.05, 4.69) is 15.5 Å². The molecule has 2 aromatic rings. The normalized spacial score (nSPS) is 10.3. The number of H-pyrrole nitrogens is 1. The third-order valence-electron chi connectivity index (χ3n) is 2.70. The molecule has 94 valence electrons. The van der Waals surface area contributed by atoms with Gasteiger partial charge in [0.15, 0.2) is 0 Å². The van der Waals surface area contributed by atoms with Gasteiger partial charge in [0.05, 0.1) is 6.20 Å². The average Bonchev–Trinajstić information content (AvgIpc) is 2.75. The minimum absolute atomic E-state index is 0.185. The van der Waals surface area contributed by atoms with Crippen LogP contribution in [0.2, 0.25) is 5.02 Å². The molecule has 0 atom stereocenters. The number of carbonyl (C=O) groups excluding carboxylic acids is 1. The van der Waals surface area contributed by atoms with Crippen molar-refractivity contribution in [1.29, 1.82) is 0 Å². The lowest BCUT2D eigenvalue weighted by Crippen LogP contribution is -2.23. The number of anilines is 1. The Morgan fingerprint density at radius 1 is 1.56 bits per heavy atom. The summed E-state index contributed by atoms with van der Waals surface area (Å²) < 4.78 is 0. The minimum Gasteiger partial charge on any atom is -0.384 e. The first kappa shape index (κ1) is 12.4. The van der Waals surface area contributed by atoms with Crippen molar-refractivity contribution in [3.05, 3.63) is 46.1 Å². The van der Waals surface area contributed by atoms with Crippen LogP contribution in [0.1, 0.15) is 21.5 Å². The Labute approximate surface area is 109 Å². The van der Waals surface area contributed by atoms with Crippen molar-refractivity contribution in [2.24, 2.45) is 0 Å². The molecule has 0 bridgehead atoms.